The van der Waals surface area contributed by atoms with Crippen LogP contribution in [0.25, 0.3) is 0 Å². The molecule has 0 unspecified atom stereocenters. The fraction of sp³-hybridized carbons (Fsp3) is 0.717. The van der Waals surface area contributed by atoms with Gasteiger partial charge in [-0.2, -0.15) is 0 Å². The third kappa shape index (κ3) is 51.6. The number of ether oxygens (including phenoxy) is 3. The van der Waals surface area contributed by atoms with E-state index in [9.17, 15) is 14.4 Å². The predicted molar refractivity (Wildman–Crippen MR) is 284 cm³/mol. The first-order valence-electron chi connectivity index (χ1n) is 27.6. The van der Waals surface area contributed by atoms with Crippen molar-refractivity contribution in [1.82, 2.24) is 0 Å². The summed E-state index contributed by atoms with van der Waals surface area (Å²) in [6, 6.07) is 0. The first-order valence-corrected chi connectivity index (χ1v) is 27.6. The summed E-state index contributed by atoms with van der Waals surface area (Å²) in [5, 5.41) is 0. The molecule has 0 aromatic heterocycles. The molecule has 0 heterocycles. The Morgan fingerprint density at radius 2 is 0.545 bits per heavy atom. The maximum Gasteiger partial charge on any atom is 0.306 e. The fourth-order valence-electron chi connectivity index (χ4n) is 7.43. The lowest BCUT2D eigenvalue weighted by atomic mass is 10.0. The molecule has 0 saturated heterocycles. The molecule has 0 bridgehead atoms. The van der Waals surface area contributed by atoms with E-state index in [1.807, 2.05) is 0 Å². The summed E-state index contributed by atoms with van der Waals surface area (Å²) in [5.74, 6) is -0.946. The molecule has 0 fully saturated rings. The lowest BCUT2D eigenvalue weighted by Crippen LogP contribution is -2.30. The topological polar surface area (TPSA) is 78.9 Å². The molecule has 378 valence electrons. The van der Waals surface area contributed by atoms with Gasteiger partial charge in [-0.05, 0) is 103 Å². The number of esters is 3. The van der Waals surface area contributed by atoms with Gasteiger partial charge < -0.3 is 14.2 Å². The van der Waals surface area contributed by atoms with Crippen molar-refractivity contribution in [3.8, 4) is 0 Å². The second-order valence-electron chi connectivity index (χ2n) is 18.1. The van der Waals surface area contributed by atoms with E-state index in [2.05, 4.69) is 106 Å². The minimum Gasteiger partial charge on any atom is -0.462 e. The van der Waals surface area contributed by atoms with Gasteiger partial charge in [-0.25, -0.2) is 0 Å². The van der Waals surface area contributed by atoms with E-state index < -0.39 is 6.10 Å². The van der Waals surface area contributed by atoms with Crippen LogP contribution in [0.1, 0.15) is 258 Å². The molecule has 0 rings (SSSR count). The van der Waals surface area contributed by atoms with Crippen molar-refractivity contribution in [3.63, 3.8) is 0 Å². The van der Waals surface area contributed by atoms with E-state index in [0.29, 0.717) is 12.8 Å². The first kappa shape index (κ1) is 62.6. The van der Waals surface area contributed by atoms with Crippen LogP contribution >= 0.6 is 0 Å². The normalized spacial score (nSPS) is 12.7. The molecule has 0 saturated carbocycles. The summed E-state index contributed by atoms with van der Waals surface area (Å²) in [6.07, 6.45) is 69.9. The highest BCUT2D eigenvalue weighted by molar-refractivity contribution is 5.71. The van der Waals surface area contributed by atoms with Gasteiger partial charge in [0, 0.05) is 19.3 Å². The maximum atomic E-state index is 12.8. The Kier molecular flexibility index (Phi) is 51.4. The molecule has 0 aliphatic carbocycles. The molecule has 1 atom stereocenters. The molecule has 0 aromatic rings. The van der Waals surface area contributed by atoms with Crippen LogP contribution in [-0.2, 0) is 28.6 Å². The molecule has 0 N–H and O–H groups in total. The summed E-state index contributed by atoms with van der Waals surface area (Å²) in [6.45, 7) is 6.54. The molecular formula is C60H102O6. The van der Waals surface area contributed by atoms with Crippen molar-refractivity contribution in [1.29, 1.82) is 0 Å². The number of hydrogen-bond donors (Lipinski definition) is 0. The van der Waals surface area contributed by atoms with Crippen LogP contribution < -0.4 is 0 Å². The van der Waals surface area contributed by atoms with Crippen molar-refractivity contribution in [2.24, 2.45) is 0 Å². The molecule has 0 aliphatic rings. The maximum absolute atomic E-state index is 12.8. The Morgan fingerprint density at radius 1 is 0.303 bits per heavy atom. The Hall–Kier alpha value is -3.41. The lowest BCUT2D eigenvalue weighted by molar-refractivity contribution is -0.167. The Balaban J connectivity index is 4.48. The second-order valence-corrected chi connectivity index (χ2v) is 18.1. The number of unbranched alkanes of at least 4 members (excludes halogenated alkanes) is 24. The van der Waals surface area contributed by atoms with Crippen LogP contribution in [0.15, 0.2) is 85.1 Å². The summed E-state index contributed by atoms with van der Waals surface area (Å²) in [7, 11) is 0. The molecule has 66 heavy (non-hydrogen) atoms. The van der Waals surface area contributed by atoms with Gasteiger partial charge in [0.05, 0.1) is 0 Å². The van der Waals surface area contributed by atoms with E-state index in [4.69, 9.17) is 14.2 Å². The molecule has 0 radical (unpaired) electrons. The van der Waals surface area contributed by atoms with Crippen molar-refractivity contribution in [2.45, 2.75) is 264 Å². The van der Waals surface area contributed by atoms with Gasteiger partial charge in [-0.3, -0.25) is 14.4 Å². The van der Waals surface area contributed by atoms with E-state index in [0.717, 1.165) is 109 Å². The predicted octanol–water partition coefficient (Wildman–Crippen LogP) is 18.4. The molecule has 0 amide bonds. The smallest absolute Gasteiger partial charge is 0.306 e. The average Bonchev–Trinajstić information content (AvgIpc) is 3.31. The summed E-state index contributed by atoms with van der Waals surface area (Å²) >= 11 is 0. The van der Waals surface area contributed by atoms with Gasteiger partial charge in [0.25, 0.3) is 0 Å². The lowest BCUT2D eigenvalue weighted by Gasteiger charge is -2.18. The van der Waals surface area contributed by atoms with Crippen molar-refractivity contribution >= 4 is 17.9 Å². The summed E-state index contributed by atoms with van der Waals surface area (Å²) in [5.41, 5.74) is 0. The Labute approximate surface area is 407 Å². The van der Waals surface area contributed by atoms with Gasteiger partial charge in [0.15, 0.2) is 6.10 Å². The molecule has 0 aliphatic heterocycles. The second kappa shape index (κ2) is 54.2. The fourth-order valence-corrected chi connectivity index (χ4v) is 7.43. The number of carbonyl (C=O) groups excluding carboxylic acids is 3. The zero-order valence-electron chi connectivity index (χ0n) is 43.2. The Morgan fingerprint density at radius 3 is 0.894 bits per heavy atom. The van der Waals surface area contributed by atoms with Crippen LogP contribution in [0.2, 0.25) is 0 Å². The average molecular weight is 919 g/mol. The monoisotopic (exact) mass is 919 g/mol. The third-order valence-electron chi connectivity index (χ3n) is 11.6. The third-order valence-corrected chi connectivity index (χ3v) is 11.6. The minimum absolute atomic E-state index is 0.0956. The number of carbonyl (C=O) groups is 3. The van der Waals surface area contributed by atoms with Crippen LogP contribution in [0.4, 0.5) is 0 Å². The van der Waals surface area contributed by atoms with Crippen molar-refractivity contribution in [3.05, 3.63) is 85.1 Å². The van der Waals surface area contributed by atoms with Crippen molar-refractivity contribution in [2.75, 3.05) is 13.2 Å². The van der Waals surface area contributed by atoms with Crippen LogP contribution in [0.3, 0.4) is 0 Å². The standard InChI is InChI=1S/C60H102O6/c1-4-7-10-13-16-19-22-25-27-29-30-32-34-36-39-42-45-48-51-54-60(63)66-57(55-64-58(61)52-49-46-43-40-37-24-21-18-15-12-9-6-3)56-65-59(62)53-50-47-44-41-38-35-33-31-28-26-23-20-17-14-11-8-5-2/h16-17,19-20,25-28,30,32-33,35-36,39,57H,4-15,18,21-24,29,31,34,37-38,40-56H2,1-3H3/b19-16-,20-17-,27-25-,28-26-,32-30-,35-33-,39-36-/t57-/m0/s1. The highest BCUT2D eigenvalue weighted by Crippen LogP contribution is 2.14. The van der Waals surface area contributed by atoms with Gasteiger partial charge in [-0.15, -0.1) is 0 Å². The number of hydrogen-bond acceptors (Lipinski definition) is 6. The van der Waals surface area contributed by atoms with E-state index >= 15 is 0 Å². The number of rotatable bonds is 49. The van der Waals surface area contributed by atoms with Gasteiger partial charge >= 0.3 is 17.9 Å². The van der Waals surface area contributed by atoms with E-state index in [1.54, 1.807) is 0 Å². The molecule has 0 aromatic carbocycles. The van der Waals surface area contributed by atoms with E-state index in [-0.39, 0.29) is 37.5 Å². The number of allylic oxidation sites excluding steroid dienone is 14. The molecular weight excluding hydrogens is 817 g/mol. The summed E-state index contributed by atoms with van der Waals surface area (Å²) in [4.78, 5) is 38.1. The van der Waals surface area contributed by atoms with Crippen LogP contribution in [-0.4, -0.2) is 37.2 Å². The first-order chi connectivity index (χ1) is 32.5. The van der Waals surface area contributed by atoms with Gasteiger partial charge in [0.1, 0.15) is 13.2 Å². The quantitative estimate of drug-likeness (QED) is 0.0262. The molecule has 6 nitrogen and oxygen atoms in total. The SMILES string of the molecule is CCCCC/C=C\C/C=C\C/C=C\C/C=C\CCCCCC(=O)O[C@H](COC(=O)CCCCCC/C=C\C/C=C\C/C=C\CCCCC)COC(=O)CCCCCCCCCCCCCC. The minimum atomic E-state index is -0.801. The Bertz CT molecular complexity index is 1290. The zero-order chi connectivity index (χ0) is 47.9. The summed E-state index contributed by atoms with van der Waals surface area (Å²) < 4.78 is 16.8. The van der Waals surface area contributed by atoms with Crippen molar-refractivity contribution < 1.29 is 28.6 Å². The highest BCUT2D eigenvalue weighted by Gasteiger charge is 2.19. The van der Waals surface area contributed by atoms with Gasteiger partial charge in [-0.1, -0.05) is 221 Å². The largest absolute Gasteiger partial charge is 0.462 e. The van der Waals surface area contributed by atoms with Gasteiger partial charge in [0.2, 0.25) is 0 Å². The molecule has 6 heteroatoms. The van der Waals surface area contributed by atoms with Crippen LogP contribution in [0.5, 0.6) is 0 Å². The van der Waals surface area contributed by atoms with Crippen LogP contribution in [0, 0.1) is 0 Å². The zero-order valence-corrected chi connectivity index (χ0v) is 43.2. The highest BCUT2D eigenvalue weighted by atomic mass is 16.6. The van der Waals surface area contributed by atoms with E-state index in [1.165, 1.54) is 109 Å². The molecule has 0 spiro atoms.